The Morgan fingerprint density at radius 2 is 1.87 bits per heavy atom. The van der Waals surface area contributed by atoms with Crippen LogP contribution >= 0.6 is 0 Å². The summed E-state index contributed by atoms with van der Waals surface area (Å²) in [7, 11) is 0. The number of halogens is 3. The smallest absolute Gasteiger partial charge is 0.338 e. The van der Waals surface area contributed by atoms with Crippen LogP contribution in [0.25, 0.3) is 0 Å². The van der Waals surface area contributed by atoms with Crippen molar-refractivity contribution in [3.05, 3.63) is 89.5 Å². The number of amides is 2. The minimum absolute atomic E-state index is 0.0186. The van der Waals surface area contributed by atoms with Gasteiger partial charge < -0.3 is 15.2 Å². The molecule has 0 saturated carbocycles. The van der Waals surface area contributed by atoms with Crippen LogP contribution in [0, 0.1) is 11.8 Å². The Morgan fingerprint density at radius 1 is 1.06 bits per heavy atom. The second-order valence-electron chi connectivity index (χ2n) is 6.70. The number of hydrogen-bond acceptors (Lipinski definition) is 2. The molecule has 0 aliphatic carbocycles. The average Bonchev–Trinajstić information content (AvgIpc) is 3.18. The molecule has 0 atom stereocenters. The number of urea groups is 1. The molecule has 0 aliphatic heterocycles. The number of aromatic nitrogens is 2. The van der Waals surface area contributed by atoms with Gasteiger partial charge in [-0.15, -0.1) is 0 Å². The fraction of sp³-hybridized carbons (Fsp3) is 0.217. The third-order valence-corrected chi connectivity index (χ3v) is 4.39. The maximum atomic E-state index is 12.7. The molecule has 0 unspecified atom stereocenters. The lowest BCUT2D eigenvalue weighted by atomic mass is 10.1. The summed E-state index contributed by atoms with van der Waals surface area (Å²) in [6.45, 7) is 1.11. The van der Waals surface area contributed by atoms with Crippen molar-refractivity contribution in [2.45, 2.75) is 19.1 Å². The van der Waals surface area contributed by atoms with Gasteiger partial charge in [0.25, 0.3) is 0 Å². The van der Waals surface area contributed by atoms with E-state index >= 15 is 0 Å². The number of carbonyl (C=O) groups excluding carboxylic acids is 1. The van der Waals surface area contributed by atoms with Crippen LogP contribution in [0.5, 0.6) is 0 Å². The first kappa shape index (κ1) is 22.0. The van der Waals surface area contributed by atoms with Crippen molar-refractivity contribution in [1.82, 2.24) is 20.2 Å². The molecule has 1 aromatic heterocycles. The molecule has 3 rings (SSSR count). The van der Waals surface area contributed by atoms with Crippen molar-refractivity contribution in [2.75, 3.05) is 13.1 Å². The summed E-state index contributed by atoms with van der Waals surface area (Å²) in [5.74, 6) is 6.12. The van der Waals surface area contributed by atoms with Crippen molar-refractivity contribution < 1.29 is 18.0 Å². The van der Waals surface area contributed by atoms with Gasteiger partial charge in [-0.25, -0.2) is 9.78 Å². The van der Waals surface area contributed by atoms with Crippen molar-refractivity contribution in [3.8, 4) is 11.8 Å². The van der Waals surface area contributed by atoms with Gasteiger partial charge in [0.1, 0.15) is 5.82 Å². The molecular weight excluding hydrogens is 405 g/mol. The maximum Gasteiger partial charge on any atom is 0.416 e. The highest BCUT2D eigenvalue weighted by Crippen LogP contribution is 2.29. The Kier molecular flexibility index (Phi) is 7.33. The molecule has 31 heavy (non-hydrogen) atoms. The predicted molar refractivity (Wildman–Crippen MR) is 111 cm³/mol. The van der Waals surface area contributed by atoms with Crippen LogP contribution in [0.15, 0.2) is 67.0 Å². The summed E-state index contributed by atoms with van der Waals surface area (Å²) >= 11 is 0. The Balaban J connectivity index is 1.41. The van der Waals surface area contributed by atoms with Gasteiger partial charge in [0.05, 0.1) is 12.1 Å². The number of nitrogens with one attached hydrogen (secondary N) is 2. The van der Waals surface area contributed by atoms with Crippen molar-refractivity contribution in [3.63, 3.8) is 0 Å². The highest BCUT2D eigenvalue weighted by Gasteiger charge is 2.30. The van der Waals surface area contributed by atoms with Gasteiger partial charge in [0, 0.05) is 37.5 Å². The summed E-state index contributed by atoms with van der Waals surface area (Å²) in [6, 6.07) is 14.3. The van der Waals surface area contributed by atoms with E-state index in [9.17, 15) is 18.0 Å². The van der Waals surface area contributed by atoms with Crippen LogP contribution in [0.2, 0.25) is 0 Å². The predicted octanol–water partition coefficient (Wildman–Crippen LogP) is 3.84. The lowest BCUT2D eigenvalue weighted by molar-refractivity contribution is -0.137. The molecular formula is C23H21F3N4O. The van der Waals surface area contributed by atoms with E-state index < -0.39 is 17.8 Å². The number of alkyl halides is 3. The molecule has 0 radical (unpaired) electrons. The zero-order valence-electron chi connectivity index (χ0n) is 16.6. The van der Waals surface area contributed by atoms with E-state index in [4.69, 9.17) is 0 Å². The molecule has 2 N–H and O–H groups in total. The number of nitrogens with zero attached hydrogens (tertiary/aromatic N) is 2. The lowest BCUT2D eigenvalue weighted by Crippen LogP contribution is -2.37. The summed E-state index contributed by atoms with van der Waals surface area (Å²) < 4.78 is 40.1. The topological polar surface area (TPSA) is 59.0 Å². The number of rotatable bonds is 6. The fourth-order valence-electron chi connectivity index (χ4n) is 2.89. The number of hydrogen-bond donors (Lipinski definition) is 2. The third kappa shape index (κ3) is 6.93. The molecule has 2 amide bonds. The SMILES string of the molecule is O=C(NCC#Cc1cccc(C(F)(F)F)c1)NCCc1nccn1Cc1ccccc1. The van der Waals surface area contributed by atoms with Gasteiger partial charge >= 0.3 is 12.2 Å². The van der Waals surface area contributed by atoms with Gasteiger partial charge in [-0.05, 0) is 23.8 Å². The van der Waals surface area contributed by atoms with Crippen molar-refractivity contribution >= 4 is 6.03 Å². The molecule has 0 spiro atoms. The quantitative estimate of drug-likeness (QED) is 0.589. The molecule has 0 fully saturated rings. The third-order valence-electron chi connectivity index (χ3n) is 4.39. The summed E-state index contributed by atoms with van der Waals surface area (Å²) in [5.41, 5.74) is 0.643. The van der Waals surface area contributed by atoms with E-state index in [0.29, 0.717) is 19.5 Å². The van der Waals surface area contributed by atoms with Crippen LogP contribution in [-0.4, -0.2) is 28.7 Å². The summed E-state index contributed by atoms with van der Waals surface area (Å²) in [5, 5.41) is 5.28. The molecule has 5 nitrogen and oxygen atoms in total. The number of carbonyl (C=O) groups is 1. The minimum Gasteiger partial charge on any atom is -0.338 e. The first-order chi connectivity index (χ1) is 14.9. The highest BCUT2D eigenvalue weighted by molar-refractivity contribution is 5.74. The van der Waals surface area contributed by atoms with Gasteiger partial charge in [0.15, 0.2) is 0 Å². The molecule has 3 aromatic rings. The van der Waals surface area contributed by atoms with Crippen LogP contribution in [0.3, 0.4) is 0 Å². The molecule has 0 aliphatic rings. The Labute approximate surface area is 178 Å². The normalized spacial score (nSPS) is 10.8. The van der Waals surface area contributed by atoms with Crippen LogP contribution < -0.4 is 10.6 Å². The Bertz CT molecular complexity index is 1070. The van der Waals surface area contributed by atoms with Crippen molar-refractivity contribution in [1.29, 1.82) is 0 Å². The minimum atomic E-state index is -4.41. The summed E-state index contributed by atoms with van der Waals surface area (Å²) in [6.07, 6.45) is -0.234. The molecule has 1 heterocycles. The van der Waals surface area contributed by atoms with Gasteiger partial charge in [-0.3, -0.25) is 0 Å². The Morgan fingerprint density at radius 3 is 2.65 bits per heavy atom. The van der Waals surface area contributed by atoms with Gasteiger partial charge in [-0.2, -0.15) is 13.2 Å². The summed E-state index contributed by atoms with van der Waals surface area (Å²) in [4.78, 5) is 16.2. The van der Waals surface area contributed by atoms with E-state index in [2.05, 4.69) is 27.5 Å². The van der Waals surface area contributed by atoms with Crippen LogP contribution in [0.1, 0.15) is 22.5 Å². The fourth-order valence-corrected chi connectivity index (χ4v) is 2.89. The monoisotopic (exact) mass is 426 g/mol. The second kappa shape index (κ2) is 10.3. The molecule has 8 heteroatoms. The Hall–Kier alpha value is -3.73. The van der Waals surface area contributed by atoms with Crippen LogP contribution in [-0.2, 0) is 19.1 Å². The average molecular weight is 426 g/mol. The number of benzene rings is 2. The highest BCUT2D eigenvalue weighted by atomic mass is 19.4. The van der Waals surface area contributed by atoms with E-state index in [1.54, 1.807) is 6.20 Å². The molecule has 2 aromatic carbocycles. The lowest BCUT2D eigenvalue weighted by Gasteiger charge is -2.09. The first-order valence-corrected chi connectivity index (χ1v) is 9.63. The number of imidazole rings is 1. The van der Waals surface area contributed by atoms with Crippen LogP contribution in [0.4, 0.5) is 18.0 Å². The van der Waals surface area contributed by atoms with E-state index in [1.807, 2.05) is 41.1 Å². The van der Waals surface area contributed by atoms with Crippen molar-refractivity contribution in [2.24, 2.45) is 0 Å². The first-order valence-electron chi connectivity index (χ1n) is 9.63. The van der Waals surface area contributed by atoms with E-state index in [1.165, 1.54) is 12.1 Å². The second-order valence-corrected chi connectivity index (χ2v) is 6.70. The van der Waals surface area contributed by atoms with Gasteiger partial charge in [0.2, 0.25) is 0 Å². The van der Waals surface area contributed by atoms with Gasteiger partial charge in [-0.1, -0.05) is 48.2 Å². The molecule has 160 valence electrons. The molecule has 0 bridgehead atoms. The molecule has 0 saturated heterocycles. The van der Waals surface area contributed by atoms with E-state index in [-0.39, 0.29) is 12.1 Å². The zero-order chi connectivity index (χ0) is 22.1. The zero-order valence-corrected chi connectivity index (χ0v) is 16.6. The standard InChI is InChI=1S/C23H21F3N4O/c24-23(25,26)20-10-4-8-18(16-20)9-5-12-28-22(31)29-13-11-21-27-14-15-30(21)17-19-6-2-1-3-7-19/h1-4,6-8,10,14-16H,11-13,17H2,(H2,28,29,31). The maximum absolute atomic E-state index is 12.7. The van der Waals surface area contributed by atoms with E-state index in [0.717, 1.165) is 23.5 Å². The largest absolute Gasteiger partial charge is 0.416 e.